The normalized spacial score (nSPS) is 20.7. The predicted octanol–water partition coefficient (Wildman–Crippen LogP) is 6.76. The average Bonchev–Trinajstić information content (AvgIpc) is 3.02. The van der Waals surface area contributed by atoms with Crippen LogP contribution in [0.3, 0.4) is 0 Å². The number of nitrogens with zero attached hydrogens (tertiary/aromatic N) is 1. The zero-order valence-corrected chi connectivity index (χ0v) is 27.7. The van der Waals surface area contributed by atoms with Gasteiger partial charge >= 0.3 is 5.97 Å². The Morgan fingerprint density at radius 3 is 2.57 bits per heavy atom. The van der Waals surface area contributed by atoms with E-state index in [0.29, 0.717) is 35.9 Å². The summed E-state index contributed by atoms with van der Waals surface area (Å²) in [6.45, 7) is 3.59. The monoisotopic (exact) mass is 666 g/mol. The number of rotatable bonds is 10. The lowest BCUT2D eigenvalue weighted by molar-refractivity contribution is 0.0461. The summed E-state index contributed by atoms with van der Waals surface area (Å²) < 4.78 is 31.2. The molecule has 1 saturated carbocycles. The third kappa shape index (κ3) is 8.31. The standard InChI is InChI=1S/C36H43ClN2O6S/c1-24(35(46(38,43)44)25-9-3-2-4-10-25)8-7-12-33(40)31-17-14-28(31)22-39-19-6-5-11-26-20-30(37)16-13-29(26)23-45-34-18-15-27(36(41)42)21-32(34)39/h2-4,7,9-10,12-13,15-16,18,20-21,24,28,31,33,35,40H,5-6,8,11,14,17,19,22-23H2,1H3,(H,41,42)(H2,38,43,44)/b12-7+/t24-,28-,31+,33?,35+/m0/s1. The maximum Gasteiger partial charge on any atom is 0.335 e. The van der Waals surface area contributed by atoms with Gasteiger partial charge in [-0.1, -0.05) is 67.1 Å². The van der Waals surface area contributed by atoms with Gasteiger partial charge in [0.05, 0.1) is 17.4 Å². The van der Waals surface area contributed by atoms with Crippen molar-refractivity contribution in [2.45, 2.75) is 63.4 Å². The number of aliphatic hydroxyl groups excluding tert-OH is 1. The fourth-order valence-corrected chi connectivity index (χ4v) is 8.30. The largest absolute Gasteiger partial charge is 0.487 e. The number of allylic oxidation sites excluding steroid dienone is 1. The summed E-state index contributed by atoms with van der Waals surface area (Å²) in [4.78, 5) is 14.1. The number of fused-ring (bicyclic) bond motifs is 2. The van der Waals surface area contributed by atoms with Crippen LogP contribution in [0.1, 0.15) is 71.3 Å². The first-order valence-corrected chi connectivity index (χ1v) is 17.9. The molecule has 1 aliphatic heterocycles. The van der Waals surface area contributed by atoms with Gasteiger partial charge in [0.2, 0.25) is 10.0 Å². The van der Waals surface area contributed by atoms with Gasteiger partial charge in [-0.05, 0) is 103 Å². The Labute approximate surface area is 276 Å². The van der Waals surface area contributed by atoms with Crippen LogP contribution in [0.25, 0.3) is 0 Å². The summed E-state index contributed by atoms with van der Waals surface area (Å²) in [5.41, 5.74) is 3.83. The molecule has 5 rings (SSSR count). The molecule has 8 nitrogen and oxygen atoms in total. The van der Waals surface area contributed by atoms with Gasteiger partial charge in [0.25, 0.3) is 0 Å². The number of aromatic carboxylic acids is 1. The molecular formula is C36H43ClN2O6S. The first kappa shape index (κ1) is 34.0. The molecule has 246 valence electrons. The Kier molecular flexibility index (Phi) is 11.1. The molecule has 0 radical (unpaired) electrons. The van der Waals surface area contributed by atoms with Crippen LogP contribution in [-0.2, 0) is 23.1 Å². The van der Waals surface area contributed by atoms with Crippen LogP contribution in [0.2, 0.25) is 5.02 Å². The second-order valence-corrected chi connectivity index (χ2v) is 14.8. The number of ether oxygens (including phenoxy) is 1. The quantitative estimate of drug-likeness (QED) is 0.204. The number of primary sulfonamides is 1. The van der Waals surface area contributed by atoms with Gasteiger partial charge in [-0.15, -0.1) is 0 Å². The Morgan fingerprint density at radius 1 is 1.09 bits per heavy atom. The molecule has 0 bridgehead atoms. The third-order valence-corrected chi connectivity index (χ3v) is 11.1. The molecule has 0 spiro atoms. The fraction of sp³-hybridized carbons (Fsp3) is 0.417. The van der Waals surface area contributed by atoms with Crippen molar-refractivity contribution in [3.63, 3.8) is 0 Å². The van der Waals surface area contributed by atoms with Crippen molar-refractivity contribution >= 4 is 33.3 Å². The van der Waals surface area contributed by atoms with E-state index in [-0.39, 0.29) is 23.3 Å². The molecular weight excluding hydrogens is 624 g/mol. The first-order valence-electron chi connectivity index (χ1n) is 15.9. The summed E-state index contributed by atoms with van der Waals surface area (Å²) in [6, 6.07) is 19.8. The minimum Gasteiger partial charge on any atom is -0.487 e. The maximum atomic E-state index is 12.4. The van der Waals surface area contributed by atoms with Crippen LogP contribution in [0, 0.1) is 17.8 Å². The average molecular weight is 667 g/mol. The number of nitrogens with two attached hydrogens (primary N) is 1. The van der Waals surface area contributed by atoms with Gasteiger partial charge in [-0.25, -0.2) is 18.4 Å². The van der Waals surface area contributed by atoms with Gasteiger partial charge in [0.1, 0.15) is 17.6 Å². The first-order chi connectivity index (χ1) is 22.0. The van der Waals surface area contributed by atoms with E-state index in [1.807, 2.05) is 37.3 Å². The lowest BCUT2D eigenvalue weighted by Crippen LogP contribution is -2.43. The highest BCUT2D eigenvalue weighted by molar-refractivity contribution is 7.89. The lowest BCUT2D eigenvalue weighted by Gasteiger charge is -2.42. The van der Waals surface area contributed by atoms with Crippen molar-refractivity contribution in [1.29, 1.82) is 0 Å². The van der Waals surface area contributed by atoms with Crippen molar-refractivity contribution in [3.05, 3.63) is 106 Å². The summed E-state index contributed by atoms with van der Waals surface area (Å²) in [5, 5.41) is 26.4. The number of aliphatic hydroxyl groups is 1. The molecule has 3 aromatic carbocycles. The van der Waals surface area contributed by atoms with Crippen molar-refractivity contribution in [1.82, 2.24) is 0 Å². The van der Waals surface area contributed by atoms with Crippen LogP contribution in [0.4, 0.5) is 5.69 Å². The van der Waals surface area contributed by atoms with E-state index in [0.717, 1.165) is 55.5 Å². The molecule has 5 atom stereocenters. The minimum absolute atomic E-state index is 0.0336. The van der Waals surface area contributed by atoms with E-state index in [9.17, 15) is 23.4 Å². The molecule has 10 heteroatoms. The highest BCUT2D eigenvalue weighted by Gasteiger charge is 2.37. The smallest absolute Gasteiger partial charge is 0.335 e. The van der Waals surface area contributed by atoms with Crippen LogP contribution >= 0.6 is 11.6 Å². The lowest BCUT2D eigenvalue weighted by atomic mass is 9.70. The molecule has 1 aliphatic carbocycles. The van der Waals surface area contributed by atoms with E-state index >= 15 is 0 Å². The number of carbonyl (C=O) groups is 1. The molecule has 3 aromatic rings. The number of halogens is 1. The second-order valence-electron chi connectivity index (χ2n) is 12.6. The fourth-order valence-electron chi connectivity index (χ4n) is 6.81. The number of hydrogen-bond donors (Lipinski definition) is 3. The number of carboxylic acid groups (broad SMARTS) is 1. The van der Waals surface area contributed by atoms with Crippen molar-refractivity contribution in [3.8, 4) is 5.75 Å². The molecule has 0 amide bonds. The highest BCUT2D eigenvalue weighted by atomic mass is 35.5. The molecule has 2 aliphatic rings. The molecule has 1 fully saturated rings. The Bertz CT molecular complexity index is 1650. The summed E-state index contributed by atoms with van der Waals surface area (Å²) in [5.74, 6) is -0.420. The molecule has 1 heterocycles. The maximum absolute atomic E-state index is 12.4. The van der Waals surface area contributed by atoms with E-state index in [4.69, 9.17) is 21.5 Å². The van der Waals surface area contributed by atoms with Crippen molar-refractivity contribution in [2.75, 3.05) is 18.0 Å². The van der Waals surface area contributed by atoms with Gasteiger partial charge in [0.15, 0.2) is 0 Å². The summed E-state index contributed by atoms with van der Waals surface area (Å²) >= 11 is 6.29. The topological polar surface area (TPSA) is 130 Å². The molecule has 4 N–H and O–H groups in total. The van der Waals surface area contributed by atoms with Crippen LogP contribution < -0.4 is 14.8 Å². The number of benzene rings is 3. The minimum atomic E-state index is -3.82. The summed E-state index contributed by atoms with van der Waals surface area (Å²) in [6.07, 6.45) is 7.95. The zero-order valence-electron chi connectivity index (χ0n) is 26.1. The number of hydrogen-bond acceptors (Lipinski definition) is 6. The predicted molar refractivity (Wildman–Crippen MR) is 182 cm³/mol. The number of carboxylic acids is 1. The van der Waals surface area contributed by atoms with Gasteiger partial charge in [-0.2, -0.15) is 0 Å². The SMILES string of the molecule is C[C@@H](C/C=C/C(O)[C@@H]1CC[C@H]1CN1CCCCc2cc(Cl)ccc2COc2ccc(C(=O)O)cc21)[C@H](c1ccccc1)S(N)(=O)=O. The van der Waals surface area contributed by atoms with Crippen LogP contribution in [0.15, 0.2) is 78.9 Å². The van der Waals surface area contributed by atoms with Crippen molar-refractivity contribution < 1.29 is 28.2 Å². The molecule has 0 saturated heterocycles. The van der Waals surface area contributed by atoms with E-state index in [1.54, 1.807) is 48.5 Å². The highest BCUT2D eigenvalue weighted by Crippen LogP contribution is 2.41. The van der Waals surface area contributed by atoms with E-state index in [2.05, 4.69) is 4.90 Å². The second kappa shape index (κ2) is 15.0. The van der Waals surface area contributed by atoms with Gasteiger partial charge < -0.3 is 19.8 Å². The number of anilines is 1. The van der Waals surface area contributed by atoms with E-state index in [1.165, 1.54) is 0 Å². The Hall–Kier alpha value is -3.37. The van der Waals surface area contributed by atoms with Crippen LogP contribution in [0.5, 0.6) is 5.75 Å². The van der Waals surface area contributed by atoms with Gasteiger partial charge in [0, 0.05) is 18.1 Å². The summed E-state index contributed by atoms with van der Waals surface area (Å²) in [7, 11) is -3.82. The third-order valence-electron chi connectivity index (χ3n) is 9.43. The van der Waals surface area contributed by atoms with E-state index < -0.39 is 27.3 Å². The van der Waals surface area contributed by atoms with Gasteiger partial charge in [-0.3, -0.25) is 0 Å². The van der Waals surface area contributed by atoms with Crippen LogP contribution in [-0.4, -0.2) is 43.8 Å². The Balaban J connectivity index is 1.29. The molecule has 0 aromatic heterocycles. The molecule has 46 heavy (non-hydrogen) atoms. The Morgan fingerprint density at radius 2 is 1.87 bits per heavy atom. The number of aryl methyl sites for hydroxylation is 1. The number of sulfonamides is 1. The zero-order chi connectivity index (χ0) is 32.8. The molecule has 1 unspecified atom stereocenters. The van der Waals surface area contributed by atoms with Crippen molar-refractivity contribution in [2.24, 2.45) is 22.9 Å².